The van der Waals surface area contributed by atoms with Gasteiger partial charge in [0.05, 0.1) is 15.8 Å². The number of rotatable bonds is 5. The van der Waals surface area contributed by atoms with E-state index >= 15 is 0 Å². The predicted octanol–water partition coefficient (Wildman–Crippen LogP) is 3.65. The maximum Gasteiger partial charge on any atom is 0.244 e. The number of halogens is 1. The van der Waals surface area contributed by atoms with E-state index in [9.17, 15) is 8.42 Å². The second-order valence-corrected chi connectivity index (χ2v) is 9.23. The van der Waals surface area contributed by atoms with Crippen molar-refractivity contribution in [3.8, 4) is 5.75 Å². The van der Waals surface area contributed by atoms with Crippen LogP contribution in [0.3, 0.4) is 0 Å². The summed E-state index contributed by atoms with van der Waals surface area (Å²) in [4.78, 5) is 1.13. The van der Waals surface area contributed by atoms with Gasteiger partial charge in [0, 0.05) is 18.5 Å². The Kier molecular flexibility index (Phi) is 5.08. The first-order chi connectivity index (χ1) is 9.84. The van der Waals surface area contributed by atoms with Gasteiger partial charge in [-0.15, -0.1) is 11.3 Å². The van der Waals surface area contributed by atoms with Crippen LogP contribution in [0.25, 0.3) is 0 Å². The molecule has 0 aliphatic rings. The molecule has 0 amide bonds. The van der Waals surface area contributed by atoms with Crippen molar-refractivity contribution in [2.75, 3.05) is 14.2 Å². The normalized spacial score (nSPS) is 11.9. The maximum atomic E-state index is 12.6. The van der Waals surface area contributed by atoms with Crippen molar-refractivity contribution in [3.05, 3.63) is 44.6 Å². The maximum absolute atomic E-state index is 12.6. The molecule has 4 nitrogen and oxygen atoms in total. The molecule has 1 aromatic carbocycles. The van der Waals surface area contributed by atoms with Gasteiger partial charge in [-0.1, -0.05) is 12.1 Å². The fraction of sp³-hybridized carbons (Fsp3) is 0.286. The number of benzene rings is 1. The van der Waals surface area contributed by atoms with Gasteiger partial charge in [0.2, 0.25) is 10.0 Å². The second kappa shape index (κ2) is 6.48. The highest BCUT2D eigenvalue weighted by atomic mass is 79.9. The van der Waals surface area contributed by atoms with Gasteiger partial charge in [-0.2, -0.15) is 4.31 Å². The molecule has 0 saturated carbocycles. The fourth-order valence-corrected chi connectivity index (χ4v) is 5.51. The molecule has 0 saturated heterocycles. The molecule has 0 N–H and O–H groups in total. The summed E-state index contributed by atoms with van der Waals surface area (Å²) in [6.45, 7) is 2.11. The molecule has 1 aromatic heterocycles. The van der Waals surface area contributed by atoms with Crippen LogP contribution >= 0.6 is 27.3 Å². The third-order valence-electron chi connectivity index (χ3n) is 3.07. The van der Waals surface area contributed by atoms with Gasteiger partial charge in [-0.25, -0.2) is 8.42 Å². The summed E-state index contributed by atoms with van der Waals surface area (Å²) in [5.41, 5.74) is 0.882. The van der Waals surface area contributed by atoms with E-state index < -0.39 is 10.0 Å². The van der Waals surface area contributed by atoms with Crippen LogP contribution in [0.1, 0.15) is 10.4 Å². The van der Waals surface area contributed by atoms with Gasteiger partial charge in [0.1, 0.15) is 5.75 Å². The molecular weight excluding hydrogens is 374 g/mol. The summed E-state index contributed by atoms with van der Waals surface area (Å²) in [5.74, 6) is 0.716. The lowest BCUT2D eigenvalue weighted by atomic mass is 10.2. The number of hydrogen-bond acceptors (Lipinski definition) is 4. The SMILES string of the molecule is COc1cccc(CN(C)S(=O)(=O)c2cc(Br)sc2C)c1. The van der Waals surface area contributed by atoms with E-state index in [0.29, 0.717) is 17.2 Å². The molecule has 114 valence electrons. The van der Waals surface area contributed by atoms with Crippen LogP contribution in [0.4, 0.5) is 0 Å². The first-order valence-electron chi connectivity index (χ1n) is 6.20. The van der Waals surface area contributed by atoms with Gasteiger partial charge in [0.25, 0.3) is 0 Å². The third-order valence-corrected chi connectivity index (χ3v) is 6.68. The highest BCUT2D eigenvalue weighted by Gasteiger charge is 2.24. The van der Waals surface area contributed by atoms with E-state index in [-0.39, 0.29) is 0 Å². The third kappa shape index (κ3) is 3.66. The van der Waals surface area contributed by atoms with E-state index in [4.69, 9.17) is 4.74 Å². The van der Waals surface area contributed by atoms with E-state index in [0.717, 1.165) is 14.2 Å². The smallest absolute Gasteiger partial charge is 0.244 e. The lowest BCUT2D eigenvalue weighted by molar-refractivity contribution is 0.412. The molecular formula is C14H16BrNO3S2. The minimum atomic E-state index is -3.49. The second-order valence-electron chi connectivity index (χ2n) is 4.58. The highest BCUT2D eigenvalue weighted by molar-refractivity contribution is 9.11. The number of thiophene rings is 1. The van der Waals surface area contributed by atoms with Gasteiger partial charge < -0.3 is 4.74 Å². The summed E-state index contributed by atoms with van der Waals surface area (Å²) in [5, 5.41) is 0. The van der Waals surface area contributed by atoms with Crippen molar-refractivity contribution in [2.24, 2.45) is 0 Å². The van der Waals surface area contributed by atoms with Crippen LogP contribution in [0.2, 0.25) is 0 Å². The van der Waals surface area contributed by atoms with Crippen LogP contribution in [0, 0.1) is 6.92 Å². The monoisotopic (exact) mass is 389 g/mol. The molecule has 7 heteroatoms. The van der Waals surface area contributed by atoms with Crippen molar-refractivity contribution in [1.29, 1.82) is 0 Å². The van der Waals surface area contributed by atoms with Crippen LogP contribution in [-0.4, -0.2) is 26.9 Å². The van der Waals surface area contributed by atoms with Gasteiger partial charge in [-0.05, 0) is 46.6 Å². The topological polar surface area (TPSA) is 46.6 Å². The average Bonchev–Trinajstić information content (AvgIpc) is 2.78. The molecule has 0 bridgehead atoms. The predicted molar refractivity (Wildman–Crippen MR) is 88.4 cm³/mol. The standard InChI is InChI=1S/C14H16BrNO3S2/c1-10-13(8-14(15)20-10)21(17,18)16(2)9-11-5-4-6-12(7-11)19-3/h4-8H,9H2,1-3H3. The Balaban J connectivity index is 2.26. The van der Waals surface area contributed by atoms with Crippen molar-refractivity contribution >= 4 is 37.3 Å². The quantitative estimate of drug-likeness (QED) is 0.783. The van der Waals surface area contributed by atoms with E-state index in [1.807, 2.05) is 31.2 Å². The Morgan fingerprint density at radius 3 is 2.62 bits per heavy atom. The van der Waals surface area contributed by atoms with Crippen LogP contribution in [-0.2, 0) is 16.6 Å². The molecule has 2 rings (SSSR count). The van der Waals surface area contributed by atoms with Crippen molar-refractivity contribution in [1.82, 2.24) is 4.31 Å². The van der Waals surface area contributed by atoms with Crippen LogP contribution in [0.15, 0.2) is 39.0 Å². The number of aryl methyl sites for hydroxylation is 1. The molecule has 1 heterocycles. The van der Waals surface area contributed by atoms with E-state index in [1.165, 1.54) is 15.6 Å². The van der Waals surface area contributed by atoms with E-state index in [2.05, 4.69) is 15.9 Å². The van der Waals surface area contributed by atoms with E-state index in [1.54, 1.807) is 20.2 Å². The lowest BCUT2D eigenvalue weighted by Crippen LogP contribution is -2.26. The highest BCUT2D eigenvalue weighted by Crippen LogP contribution is 2.31. The Bertz CT molecular complexity index is 740. The van der Waals surface area contributed by atoms with Gasteiger partial charge in [0.15, 0.2) is 0 Å². The lowest BCUT2D eigenvalue weighted by Gasteiger charge is -2.17. The molecule has 0 aliphatic carbocycles. The Morgan fingerprint density at radius 1 is 1.33 bits per heavy atom. The zero-order chi connectivity index (χ0) is 15.6. The number of hydrogen-bond donors (Lipinski definition) is 0. The molecule has 0 fully saturated rings. The summed E-state index contributed by atoms with van der Waals surface area (Å²) in [7, 11) is -0.321. The van der Waals surface area contributed by atoms with Crippen LogP contribution in [0.5, 0.6) is 5.75 Å². The number of methoxy groups -OCH3 is 1. The van der Waals surface area contributed by atoms with Gasteiger partial charge in [-0.3, -0.25) is 0 Å². The summed E-state index contributed by atoms with van der Waals surface area (Å²) >= 11 is 4.75. The molecule has 0 radical (unpaired) electrons. The number of sulfonamides is 1. The zero-order valence-electron chi connectivity index (χ0n) is 12.0. The molecule has 2 aromatic rings. The van der Waals surface area contributed by atoms with Crippen LogP contribution < -0.4 is 4.74 Å². The molecule has 0 unspecified atom stereocenters. The molecule has 0 spiro atoms. The number of nitrogens with zero attached hydrogens (tertiary/aromatic N) is 1. The van der Waals surface area contributed by atoms with Gasteiger partial charge >= 0.3 is 0 Å². The molecule has 0 aliphatic heterocycles. The minimum Gasteiger partial charge on any atom is -0.497 e. The minimum absolute atomic E-state index is 0.298. The van der Waals surface area contributed by atoms with Crippen molar-refractivity contribution < 1.29 is 13.2 Å². The van der Waals surface area contributed by atoms with Crippen molar-refractivity contribution in [3.63, 3.8) is 0 Å². The average molecular weight is 390 g/mol. The summed E-state index contributed by atoms with van der Waals surface area (Å²) in [6.07, 6.45) is 0. The Morgan fingerprint density at radius 2 is 2.05 bits per heavy atom. The number of ether oxygens (including phenoxy) is 1. The summed E-state index contributed by atoms with van der Waals surface area (Å²) < 4.78 is 32.5. The Hall–Kier alpha value is -0.890. The Labute approximate surface area is 137 Å². The first-order valence-corrected chi connectivity index (χ1v) is 9.24. The largest absolute Gasteiger partial charge is 0.497 e. The first kappa shape index (κ1) is 16.5. The molecule has 0 atom stereocenters. The zero-order valence-corrected chi connectivity index (χ0v) is 15.2. The molecule has 21 heavy (non-hydrogen) atoms. The summed E-state index contributed by atoms with van der Waals surface area (Å²) in [6, 6.07) is 9.05. The van der Waals surface area contributed by atoms with Crippen molar-refractivity contribution in [2.45, 2.75) is 18.4 Å². The fourth-order valence-electron chi connectivity index (χ4n) is 1.97.